The Kier molecular flexibility index (Phi) is 7.87. The van der Waals surface area contributed by atoms with Crippen molar-refractivity contribution in [1.82, 2.24) is 20.5 Å². The first-order chi connectivity index (χ1) is 16.1. The van der Waals surface area contributed by atoms with Crippen LogP contribution in [0.3, 0.4) is 0 Å². The summed E-state index contributed by atoms with van der Waals surface area (Å²) in [4.78, 5) is 47.1. The van der Waals surface area contributed by atoms with Gasteiger partial charge < -0.3 is 20.3 Å². The van der Waals surface area contributed by atoms with Gasteiger partial charge in [0.05, 0.1) is 18.4 Å². The van der Waals surface area contributed by atoms with Crippen LogP contribution in [0.25, 0.3) is 10.1 Å². The number of aldehydes is 1. The Bertz CT molecular complexity index is 1130. The monoisotopic (exact) mass is 486 g/mol. The second-order valence-electron chi connectivity index (χ2n) is 8.83. The number of nitrogens with one attached hydrogen (secondary N) is 3. The SMILES string of the molecule is CN/C(C=O)=C/N=C1CCC(C(=O)NCc2cc3cnc(NC(=O)OC(C)(C)C)cc3s2)N1C. The topological polar surface area (TPSA) is 125 Å². The van der Waals surface area contributed by atoms with Crippen LogP contribution < -0.4 is 16.0 Å². The lowest BCUT2D eigenvalue weighted by Gasteiger charge is -2.21. The van der Waals surface area contributed by atoms with E-state index in [9.17, 15) is 14.4 Å². The third-order valence-electron chi connectivity index (χ3n) is 5.11. The number of aromatic nitrogens is 1. The fraction of sp³-hybridized carbons (Fsp3) is 0.435. The lowest BCUT2D eigenvalue weighted by Crippen LogP contribution is -2.42. The molecule has 182 valence electrons. The summed E-state index contributed by atoms with van der Waals surface area (Å²) in [6.45, 7) is 5.78. The highest BCUT2D eigenvalue weighted by Crippen LogP contribution is 2.27. The number of hydrogen-bond donors (Lipinski definition) is 3. The summed E-state index contributed by atoms with van der Waals surface area (Å²) < 4.78 is 6.20. The molecule has 1 aliphatic rings. The fourth-order valence-corrected chi connectivity index (χ4v) is 4.43. The Morgan fingerprint density at radius 1 is 1.35 bits per heavy atom. The number of likely N-dealkylation sites (tertiary alicyclic amines) is 1. The number of carbonyl (C=O) groups is 3. The molecule has 1 atom stereocenters. The average Bonchev–Trinajstić information content (AvgIpc) is 3.34. The predicted molar refractivity (Wildman–Crippen MR) is 133 cm³/mol. The number of anilines is 1. The molecule has 3 heterocycles. The Labute approximate surface area is 202 Å². The average molecular weight is 487 g/mol. The molecule has 11 heteroatoms. The van der Waals surface area contributed by atoms with Crippen LogP contribution in [0.2, 0.25) is 0 Å². The number of aliphatic imine (C=N–C) groups is 1. The minimum atomic E-state index is -0.593. The van der Waals surface area contributed by atoms with Gasteiger partial charge in [0.2, 0.25) is 5.91 Å². The maximum absolute atomic E-state index is 12.8. The van der Waals surface area contributed by atoms with Gasteiger partial charge in [0.15, 0.2) is 6.29 Å². The lowest BCUT2D eigenvalue weighted by molar-refractivity contribution is -0.124. The molecule has 0 aliphatic carbocycles. The van der Waals surface area contributed by atoms with E-state index in [1.165, 1.54) is 17.5 Å². The number of amidine groups is 1. The number of pyridine rings is 1. The van der Waals surface area contributed by atoms with Gasteiger partial charge in [0, 0.05) is 41.7 Å². The van der Waals surface area contributed by atoms with Gasteiger partial charge in [-0.3, -0.25) is 14.9 Å². The number of amides is 2. The normalized spacial score (nSPS) is 17.7. The van der Waals surface area contributed by atoms with Crippen molar-refractivity contribution in [2.45, 2.75) is 51.8 Å². The van der Waals surface area contributed by atoms with Crippen molar-refractivity contribution in [3.05, 3.63) is 35.1 Å². The first kappa shape index (κ1) is 25.2. The zero-order valence-corrected chi connectivity index (χ0v) is 20.8. The molecule has 0 spiro atoms. The molecule has 0 aromatic carbocycles. The van der Waals surface area contributed by atoms with Crippen LogP contribution in [-0.2, 0) is 20.9 Å². The number of allylic oxidation sites excluding steroid dienone is 1. The van der Waals surface area contributed by atoms with Crippen molar-refractivity contribution in [3.8, 4) is 0 Å². The Balaban J connectivity index is 1.59. The summed E-state index contributed by atoms with van der Waals surface area (Å²) in [5.41, 5.74) is -0.220. The molecule has 0 radical (unpaired) electrons. The van der Waals surface area contributed by atoms with Gasteiger partial charge in [-0.25, -0.2) is 14.8 Å². The molecule has 34 heavy (non-hydrogen) atoms. The van der Waals surface area contributed by atoms with E-state index in [0.29, 0.717) is 37.2 Å². The maximum atomic E-state index is 12.8. The number of thiophene rings is 1. The van der Waals surface area contributed by atoms with Crippen molar-refractivity contribution in [3.63, 3.8) is 0 Å². The van der Waals surface area contributed by atoms with Gasteiger partial charge >= 0.3 is 6.09 Å². The van der Waals surface area contributed by atoms with Gasteiger partial charge in [-0.05, 0) is 39.3 Å². The first-order valence-corrected chi connectivity index (χ1v) is 11.7. The summed E-state index contributed by atoms with van der Waals surface area (Å²) in [5, 5.41) is 9.32. The van der Waals surface area contributed by atoms with E-state index in [2.05, 4.69) is 25.9 Å². The maximum Gasteiger partial charge on any atom is 0.413 e. The molecular formula is C23H30N6O4S. The van der Waals surface area contributed by atoms with Crippen LogP contribution in [0.15, 0.2) is 35.2 Å². The second kappa shape index (κ2) is 10.6. The first-order valence-electron chi connectivity index (χ1n) is 10.9. The van der Waals surface area contributed by atoms with Gasteiger partial charge in [0.25, 0.3) is 0 Å². The zero-order chi connectivity index (χ0) is 24.9. The number of ether oxygens (including phenoxy) is 1. The molecular weight excluding hydrogens is 456 g/mol. The van der Waals surface area contributed by atoms with Crippen LogP contribution >= 0.6 is 11.3 Å². The Morgan fingerprint density at radius 3 is 2.79 bits per heavy atom. The molecule has 10 nitrogen and oxygen atoms in total. The Hall–Kier alpha value is -3.47. The molecule has 1 unspecified atom stereocenters. The van der Waals surface area contributed by atoms with E-state index in [1.54, 1.807) is 40.1 Å². The predicted octanol–water partition coefficient (Wildman–Crippen LogP) is 3.01. The molecule has 1 saturated heterocycles. The summed E-state index contributed by atoms with van der Waals surface area (Å²) in [7, 11) is 3.48. The quantitative estimate of drug-likeness (QED) is 0.406. The van der Waals surface area contributed by atoms with Crippen LogP contribution in [-0.4, -0.2) is 59.7 Å². The van der Waals surface area contributed by atoms with Gasteiger partial charge in [0.1, 0.15) is 23.3 Å². The standard InChI is InChI=1S/C23H30N6O4S/c1-23(2,3)33-22(32)28-19-9-18-14(10-25-19)8-16(34-18)12-27-21(31)17-6-7-20(29(17)5)26-11-15(13-30)24-4/h8-11,13,17,24H,6-7,12H2,1-5H3,(H,27,31)(H,25,28,32)/b15-11+,26-20?. The number of rotatable bonds is 7. The molecule has 3 rings (SSSR count). The molecule has 2 aromatic rings. The molecule has 2 amide bonds. The molecule has 2 aromatic heterocycles. The van der Waals surface area contributed by atoms with E-state index >= 15 is 0 Å². The van der Waals surface area contributed by atoms with Crippen LogP contribution in [0, 0.1) is 0 Å². The molecule has 0 bridgehead atoms. The lowest BCUT2D eigenvalue weighted by atomic mass is 10.2. The van der Waals surface area contributed by atoms with Gasteiger partial charge in [-0.15, -0.1) is 11.3 Å². The summed E-state index contributed by atoms with van der Waals surface area (Å²) in [6.07, 6.45) is 4.60. The number of likely N-dealkylation sites (N-methyl/N-ethyl adjacent to an activating group) is 2. The number of carbonyl (C=O) groups excluding carboxylic acids is 3. The van der Waals surface area contributed by atoms with E-state index in [1.807, 2.05) is 18.0 Å². The smallest absolute Gasteiger partial charge is 0.413 e. The van der Waals surface area contributed by atoms with Gasteiger partial charge in [-0.2, -0.15) is 0 Å². The minimum Gasteiger partial charge on any atom is -0.444 e. The van der Waals surface area contributed by atoms with Crippen LogP contribution in [0.4, 0.5) is 10.6 Å². The minimum absolute atomic E-state index is 0.0798. The molecule has 0 saturated carbocycles. The molecule has 1 fully saturated rings. The molecule has 3 N–H and O–H groups in total. The third-order valence-corrected chi connectivity index (χ3v) is 6.20. The zero-order valence-electron chi connectivity index (χ0n) is 20.0. The van der Waals surface area contributed by atoms with Crippen molar-refractivity contribution >= 4 is 51.4 Å². The van der Waals surface area contributed by atoms with Crippen molar-refractivity contribution in [1.29, 1.82) is 0 Å². The van der Waals surface area contributed by atoms with E-state index < -0.39 is 11.7 Å². The molecule has 1 aliphatic heterocycles. The van der Waals surface area contributed by atoms with Crippen molar-refractivity contribution < 1.29 is 19.1 Å². The summed E-state index contributed by atoms with van der Waals surface area (Å²) >= 11 is 1.52. The van der Waals surface area contributed by atoms with Crippen molar-refractivity contribution in [2.75, 3.05) is 19.4 Å². The van der Waals surface area contributed by atoms with E-state index in [4.69, 9.17) is 4.74 Å². The highest BCUT2D eigenvalue weighted by Gasteiger charge is 2.31. The number of fused-ring (bicyclic) bond motifs is 1. The number of nitrogens with zero attached hydrogens (tertiary/aromatic N) is 3. The number of hydrogen-bond acceptors (Lipinski definition) is 8. The fourth-order valence-electron chi connectivity index (χ4n) is 3.42. The van der Waals surface area contributed by atoms with E-state index in [0.717, 1.165) is 20.8 Å². The van der Waals surface area contributed by atoms with Crippen LogP contribution in [0.1, 0.15) is 38.5 Å². The Morgan fingerprint density at radius 2 is 2.12 bits per heavy atom. The van der Waals surface area contributed by atoms with Crippen molar-refractivity contribution in [2.24, 2.45) is 4.99 Å². The highest BCUT2D eigenvalue weighted by molar-refractivity contribution is 7.19. The second-order valence-corrected chi connectivity index (χ2v) is 10.00. The largest absolute Gasteiger partial charge is 0.444 e. The van der Waals surface area contributed by atoms with Crippen LogP contribution in [0.5, 0.6) is 0 Å². The van der Waals surface area contributed by atoms with E-state index in [-0.39, 0.29) is 11.9 Å². The summed E-state index contributed by atoms with van der Waals surface area (Å²) in [6, 6.07) is 3.44. The highest BCUT2D eigenvalue weighted by atomic mass is 32.1. The van der Waals surface area contributed by atoms with Gasteiger partial charge in [-0.1, -0.05) is 0 Å². The summed E-state index contributed by atoms with van der Waals surface area (Å²) in [5.74, 6) is 1.08. The third kappa shape index (κ3) is 6.53.